The monoisotopic (exact) mass is 406 g/mol. The van der Waals surface area contributed by atoms with E-state index in [0.717, 1.165) is 46.6 Å². The predicted octanol–water partition coefficient (Wildman–Crippen LogP) is 3.86. The Kier molecular flexibility index (Phi) is 5.57. The van der Waals surface area contributed by atoms with Gasteiger partial charge in [-0.1, -0.05) is 12.1 Å². The van der Waals surface area contributed by atoms with Gasteiger partial charge >= 0.3 is 0 Å². The summed E-state index contributed by atoms with van der Waals surface area (Å²) in [4.78, 5) is 18.2. The topological polar surface area (TPSA) is 66.5 Å². The van der Waals surface area contributed by atoms with Gasteiger partial charge in [-0.2, -0.15) is 0 Å². The van der Waals surface area contributed by atoms with E-state index in [1.165, 1.54) is 0 Å². The summed E-state index contributed by atoms with van der Waals surface area (Å²) in [5, 5.41) is 7.93. The van der Waals surface area contributed by atoms with Crippen LogP contribution in [0.5, 0.6) is 5.75 Å². The lowest BCUT2D eigenvalue weighted by Crippen LogP contribution is -2.28. The lowest BCUT2D eigenvalue weighted by molar-refractivity contribution is -0.117. The number of hydrogen-bond acceptors (Lipinski definition) is 4. The molecule has 1 aliphatic rings. The van der Waals surface area contributed by atoms with Crippen molar-refractivity contribution in [2.24, 2.45) is 0 Å². The van der Waals surface area contributed by atoms with Gasteiger partial charge in [0, 0.05) is 42.5 Å². The Morgan fingerprint density at radius 3 is 2.93 bits per heavy atom. The standard InChI is InChI=1S/C22H22N4O2S/c1-28-19-10-9-18(17-7-3-11-23-21(17)19)25-22(29)24-14-15-5-2-6-16(13-15)26-12-4-8-20(26)27/h2-3,5-7,9-11,13H,4,8,12,14H2,1H3,(H2,24,25,29). The molecule has 1 amide bonds. The van der Waals surface area contributed by atoms with Gasteiger partial charge < -0.3 is 20.3 Å². The van der Waals surface area contributed by atoms with Gasteiger partial charge in [0.05, 0.1) is 7.11 Å². The number of fused-ring (bicyclic) bond motifs is 1. The van der Waals surface area contributed by atoms with E-state index >= 15 is 0 Å². The number of hydrogen-bond donors (Lipinski definition) is 2. The molecule has 6 nitrogen and oxygen atoms in total. The second kappa shape index (κ2) is 8.45. The molecule has 7 heteroatoms. The van der Waals surface area contributed by atoms with Crippen molar-refractivity contribution in [3.05, 3.63) is 60.3 Å². The van der Waals surface area contributed by atoms with Crippen molar-refractivity contribution in [1.82, 2.24) is 10.3 Å². The highest BCUT2D eigenvalue weighted by Gasteiger charge is 2.21. The molecular weight excluding hydrogens is 384 g/mol. The van der Waals surface area contributed by atoms with Crippen LogP contribution in [-0.2, 0) is 11.3 Å². The summed E-state index contributed by atoms with van der Waals surface area (Å²) < 4.78 is 5.39. The van der Waals surface area contributed by atoms with Crippen LogP contribution in [0.1, 0.15) is 18.4 Å². The number of amides is 1. The molecule has 0 spiro atoms. The second-order valence-corrected chi connectivity index (χ2v) is 7.25. The third-order valence-corrected chi connectivity index (χ3v) is 5.20. The van der Waals surface area contributed by atoms with Gasteiger partial charge in [0.2, 0.25) is 5.91 Å². The Morgan fingerprint density at radius 1 is 1.24 bits per heavy atom. The van der Waals surface area contributed by atoms with Crippen LogP contribution in [0.3, 0.4) is 0 Å². The van der Waals surface area contributed by atoms with Gasteiger partial charge in [0.15, 0.2) is 5.11 Å². The highest BCUT2D eigenvalue weighted by Crippen LogP contribution is 2.29. The molecule has 29 heavy (non-hydrogen) atoms. The molecule has 1 fully saturated rings. The number of anilines is 2. The third-order valence-electron chi connectivity index (χ3n) is 4.95. The summed E-state index contributed by atoms with van der Waals surface area (Å²) in [6.07, 6.45) is 3.28. The zero-order valence-corrected chi connectivity index (χ0v) is 17.0. The van der Waals surface area contributed by atoms with E-state index in [2.05, 4.69) is 15.6 Å². The number of carbonyl (C=O) groups is 1. The number of aromatic nitrogens is 1. The number of pyridine rings is 1. The van der Waals surface area contributed by atoms with Crippen molar-refractivity contribution in [3.63, 3.8) is 0 Å². The van der Waals surface area contributed by atoms with Gasteiger partial charge in [-0.15, -0.1) is 0 Å². The van der Waals surface area contributed by atoms with Crippen molar-refractivity contribution in [2.45, 2.75) is 19.4 Å². The van der Waals surface area contributed by atoms with E-state index in [9.17, 15) is 4.79 Å². The summed E-state index contributed by atoms with van der Waals surface area (Å²) >= 11 is 5.48. The summed E-state index contributed by atoms with van der Waals surface area (Å²) in [5.41, 5.74) is 3.65. The molecule has 0 bridgehead atoms. The smallest absolute Gasteiger partial charge is 0.227 e. The zero-order chi connectivity index (χ0) is 20.2. The number of rotatable bonds is 5. The van der Waals surface area contributed by atoms with Gasteiger partial charge in [-0.3, -0.25) is 9.78 Å². The fraction of sp³-hybridized carbons (Fsp3) is 0.227. The summed E-state index contributed by atoms with van der Waals surface area (Å²) in [6.45, 7) is 1.35. The Labute approximate surface area is 174 Å². The average Bonchev–Trinajstić information content (AvgIpc) is 3.19. The van der Waals surface area contributed by atoms with E-state index in [0.29, 0.717) is 18.1 Å². The highest BCUT2D eigenvalue weighted by atomic mass is 32.1. The molecule has 1 aromatic heterocycles. The van der Waals surface area contributed by atoms with Crippen LogP contribution in [0.4, 0.5) is 11.4 Å². The first-order valence-corrected chi connectivity index (χ1v) is 9.92. The first-order chi connectivity index (χ1) is 14.2. The molecule has 4 rings (SSSR count). The van der Waals surface area contributed by atoms with E-state index < -0.39 is 0 Å². The summed E-state index contributed by atoms with van der Waals surface area (Å²) in [7, 11) is 1.63. The van der Waals surface area contributed by atoms with Crippen molar-refractivity contribution >= 4 is 45.5 Å². The van der Waals surface area contributed by atoms with Gasteiger partial charge in [0.1, 0.15) is 11.3 Å². The van der Waals surface area contributed by atoms with E-state index in [1.807, 2.05) is 53.4 Å². The number of benzene rings is 2. The van der Waals surface area contributed by atoms with E-state index in [-0.39, 0.29) is 5.91 Å². The number of carbonyl (C=O) groups excluding carboxylic acids is 1. The van der Waals surface area contributed by atoms with Crippen molar-refractivity contribution in [2.75, 3.05) is 23.9 Å². The molecule has 2 heterocycles. The maximum atomic E-state index is 12.0. The quantitative estimate of drug-likeness (QED) is 0.628. The molecule has 0 unspecified atom stereocenters. The predicted molar refractivity (Wildman–Crippen MR) is 119 cm³/mol. The Hall–Kier alpha value is -3.19. The summed E-state index contributed by atoms with van der Waals surface area (Å²) in [5.74, 6) is 0.908. The normalized spacial score (nSPS) is 13.6. The van der Waals surface area contributed by atoms with Gasteiger partial charge in [0.25, 0.3) is 0 Å². The molecule has 0 atom stereocenters. The van der Waals surface area contributed by atoms with Crippen LogP contribution >= 0.6 is 12.2 Å². The van der Waals surface area contributed by atoms with Gasteiger partial charge in [-0.25, -0.2) is 0 Å². The highest BCUT2D eigenvalue weighted by molar-refractivity contribution is 7.80. The molecule has 0 aliphatic carbocycles. The van der Waals surface area contributed by atoms with Crippen LogP contribution in [0.15, 0.2) is 54.7 Å². The zero-order valence-electron chi connectivity index (χ0n) is 16.1. The molecule has 0 radical (unpaired) electrons. The Morgan fingerprint density at radius 2 is 2.14 bits per heavy atom. The molecular formula is C22H22N4O2S. The van der Waals surface area contributed by atoms with Crippen LogP contribution in [-0.4, -0.2) is 29.7 Å². The molecule has 3 aromatic rings. The Balaban J connectivity index is 1.44. The van der Waals surface area contributed by atoms with E-state index in [1.54, 1.807) is 13.3 Å². The maximum absolute atomic E-state index is 12.0. The minimum Gasteiger partial charge on any atom is -0.494 e. The first kappa shape index (κ1) is 19.1. The molecule has 2 aromatic carbocycles. The van der Waals surface area contributed by atoms with Crippen LogP contribution in [0.2, 0.25) is 0 Å². The number of methoxy groups -OCH3 is 1. The largest absolute Gasteiger partial charge is 0.494 e. The average molecular weight is 407 g/mol. The number of ether oxygens (including phenoxy) is 1. The van der Waals surface area contributed by atoms with Crippen LogP contribution in [0, 0.1) is 0 Å². The second-order valence-electron chi connectivity index (χ2n) is 6.84. The molecule has 1 saturated heterocycles. The fourth-order valence-electron chi connectivity index (χ4n) is 3.52. The summed E-state index contributed by atoms with van der Waals surface area (Å²) in [6, 6.07) is 15.7. The van der Waals surface area contributed by atoms with Gasteiger partial charge in [-0.05, 0) is 60.6 Å². The molecule has 148 valence electrons. The van der Waals surface area contributed by atoms with E-state index in [4.69, 9.17) is 17.0 Å². The Bertz CT molecular complexity index is 1070. The number of thiocarbonyl (C=S) groups is 1. The van der Waals surface area contributed by atoms with Crippen LogP contribution < -0.4 is 20.3 Å². The van der Waals surface area contributed by atoms with Crippen LogP contribution in [0.25, 0.3) is 10.9 Å². The minimum absolute atomic E-state index is 0.187. The third kappa shape index (κ3) is 4.14. The van der Waals surface area contributed by atoms with Crippen molar-refractivity contribution < 1.29 is 9.53 Å². The number of nitrogens with zero attached hydrogens (tertiary/aromatic N) is 2. The number of nitrogens with one attached hydrogen (secondary N) is 2. The fourth-order valence-corrected chi connectivity index (χ4v) is 3.71. The van der Waals surface area contributed by atoms with Crippen molar-refractivity contribution in [3.8, 4) is 5.75 Å². The minimum atomic E-state index is 0.187. The molecule has 0 saturated carbocycles. The molecule has 1 aliphatic heterocycles. The first-order valence-electron chi connectivity index (χ1n) is 9.51. The van der Waals surface area contributed by atoms with Crippen molar-refractivity contribution in [1.29, 1.82) is 0 Å². The lowest BCUT2D eigenvalue weighted by Gasteiger charge is -2.17. The molecule has 2 N–H and O–H groups in total. The SMILES string of the molecule is COc1ccc(NC(=S)NCc2cccc(N3CCCC3=O)c2)c2cccnc12. The lowest BCUT2D eigenvalue weighted by atomic mass is 10.1. The maximum Gasteiger partial charge on any atom is 0.227 e.